The average Bonchev–Trinajstić information content (AvgIpc) is 3.14. The Labute approximate surface area is 131 Å². The van der Waals surface area contributed by atoms with E-state index in [2.05, 4.69) is 12.2 Å². The minimum Gasteiger partial charge on any atom is -0.494 e. The molecule has 1 saturated heterocycles. The number of allylic oxidation sites excluding steroid dienone is 2. The molecule has 122 valence electrons. The molecule has 5 nitrogen and oxygen atoms in total. The van der Waals surface area contributed by atoms with Crippen molar-refractivity contribution in [3.8, 4) is 0 Å². The lowest BCUT2D eigenvalue weighted by Gasteiger charge is -2.23. The van der Waals surface area contributed by atoms with E-state index in [9.17, 15) is 4.79 Å². The van der Waals surface area contributed by atoms with E-state index in [0.717, 1.165) is 38.0 Å². The second kappa shape index (κ2) is 7.29. The van der Waals surface area contributed by atoms with Gasteiger partial charge in [-0.2, -0.15) is 0 Å². The van der Waals surface area contributed by atoms with Crippen LogP contribution in [0.1, 0.15) is 32.6 Å². The maximum atomic E-state index is 12.1. The summed E-state index contributed by atoms with van der Waals surface area (Å²) in [6.07, 6.45) is 8.24. The molecule has 5 heteroatoms. The summed E-state index contributed by atoms with van der Waals surface area (Å²) in [5.41, 5.74) is 0.697. The van der Waals surface area contributed by atoms with Crippen molar-refractivity contribution in [2.45, 2.75) is 38.9 Å². The monoisotopic (exact) mass is 308 g/mol. The summed E-state index contributed by atoms with van der Waals surface area (Å²) in [5.74, 6) is 0.905. The number of hydrogen-bond acceptors (Lipinski definition) is 5. The topological polar surface area (TPSA) is 54.0 Å². The van der Waals surface area contributed by atoms with Gasteiger partial charge in [-0.3, -0.25) is 0 Å². The molecule has 3 rings (SSSR count). The zero-order valence-electron chi connectivity index (χ0n) is 13.1. The van der Waals surface area contributed by atoms with Crippen LogP contribution in [-0.4, -0.2) is 38.7 Å². The molecule has 0 radical (unpaired) electrons. The van der Waals surface area contributed by atoms with Crippen LogP contribution in [-0.2, 0) is 23.7 Å². The van der Waals surface area contributed by atoms with Crippen LogP contribution >= 0.6 is 0 Å². The number of carbonyl (C=O) groups is 1. The SMILES string of the molecule is CCOC(=O)C1=C(OCCOC2CCCCO2)[C@@H]2C=C[C@H]1C2. The quantitative estimate of drug-likeness (QED) is 0.411. The lowest BCUT2D eigenvalue weighted by molar-refractivity contribution is -0.167. The van der Waals surface area contributed by atoms with E-state index < -0.39 is 0 Å². The Morgan fingerprint density at radius 3 is 2.91 bits per heavy atom. The predicted octanol–water partition coefficient (Wildman–Crippen LogP) is 2.57. The molecule has 0 saturated carbocycles. The van der Waals surface area contributed by atoms with Gasteiger partial charge in [-0.1, -0.05) is 12.2 Å². The number of ether oxygens (including phenoxy) is 4. The van der Waals surface area contributed by atoms with Crippen molar-refractivity contribution in [3.63, 3.8) is 0 Å². The minimum atomic E-state index is -0.245. The molecule has 0 spiro atoms. The van der Waals surface area contributed by atoms with Crippen molar-refractivity contribution >= 4 is 5.97 Å². The van der Waals surface area contributed by atoms with Gasteiger partial charge in [-0.15, -0.1) is 0 Å². The van der Waals surface area contributed by atoms with E-state index in [4.69, 9.17) is 18.9 Å². The number of esters is 1. The first-order valence-corrected chi connectivity index (χ1v) is 8.25. The summed E-state index contributed by atoms with van der Waals surface area (Å²) in [5, 5.41) is 0. The molecule has 0 aromatic rings. The van der Waals surface area contributed by atoms with Crippen molar-refractivity contribution in [2.24, 2.45) is 11.8 Å². The van der Waals surface area contributed by atoms with Gasteiger partial charge in [0.25, 0.3) is 0 Å². The van der Waals surface area contributed by atoms with Crippen molar-refractivity contribution < 1.29 is 23.7 Å². The van der Waals surface area contributed by atoms with Crippen molar-refractivity contribution in [3.05, 3.63) is 23.5 Å². The fourth-order valence-electron chi connectivity index (χ4n) is 3.31. The van der Waals surface area contributed by atoms with Crippen molar-refractivity contribution in [1.29, 1.82) is 0 Å². The number of fused-ring (bicyclic) bond motifs is 2. The predicted molar refractivity (Wildman–Crippen MR) is 79.9 cm³/mol. The molecule has 0 aromatic carbocycles. The summed E-state index contributed by atoms with van der Waals surface area (Å²) in [4.78, 5) is 12.1. The lowest BCUT2D eigenvalue weighted by atomic mass is 10.0. The zero-order chi connectivity index (χ0) is 15.4. The molecule has 22 heavy (non-hydrogen) atoms. The van der Waals surface area contributed by atoms with Gasteiger partial charge in [-0.25, -0.2) is 4.79 Å². The molecular weight excluding hydrogens is 284 g/mol. The van der Waals surface area contributed by atoms with Gasteiger partial charge in [0.15, 0.2) is 6.29 Å². The molecule has 0 amide bonds. The van der Waals surface area contributed by atoms with Gasteiger partial charge in [0.1, 0.15) is 12.4 Å². The van der Waals surface area contributed by atoms with Crippen LogP contribution in [0.25, 0.3) is 0 Å². The Kier molecular flexibility index (Phi) is 5.16. The number of rotatable bonds is 7. The van der Waals surface area contributed by atoms with Crippen LogP contribution < -0.4 is 0 Å². The smallest absolute Gasteiger partial charge is 0.338 e. The fraction of sp³-hybridized carbons (Fsp3) is 0.706. The highest BCUT2D eigenvalue weighted by molar-refractivity contribution is 5.91. The summed E-state index contributed by atoms with van der Waals surface area (Å²) in [7, 11) is 0. The first kappa shape index (κ1) is 15.6. The highest BCUT2D eigenvalue weighted by Gasteiger charge is 2.40. The Hall–Kier alpha value is -1.33. The number of hydrogen-bond donors (Lipinski definition) is 0. The average molecular weight is 308 g/mol. The van der Waals surface area contributed by atoms with E-state index in [1.807, 2.05) is 6.92 Å². The van der Waals surface area contributed by atoms with Gasteiger partial charge >= 0.3 is 5.97 Å². The third-order valence-corrected chi connectivity index (χ3v) is 4.33. The summed E-state index contributed by atoms with van der Waals surface area (Å²) >= 11 is 0. The highest BCUT2D eigenvalue weighted by atomic mass is 16.7. The van der Waals surface area contributed by atoms with Gasteiger partial charge in [0, 0.05) is 18.4 Å². The van der Waals surface area contributed by atoms with Gasteiger partial charge < -0.3 is 18.9 Å². The lowest BCUT2D eigenvalue weighted by Crippen LogP contribution is -2.24. The normalized spacial score (nSPS) is 30.0. The Balaban J connectivity index is 1.50. The van der Waals surface area contributed by atoms with E-state index in [1.165, 1.54) is 0 Å². The van der Waals surface area contributed by atoms with Crippen LogP contribution in [0.5, 0.6) is 0 Å². The Bertz CT molecular complexity index is 462. The maximum Gasteiger partial charge on any atom is 0.338 e. The second-order valence-electron chi connectivity index (χ2n) is 5.85. The van der Waals surface area contributed by atoms with Gasteiger partial charge in [0.2, 0.25) is 0 Å². The molecule has 2 aliphatic carbocycles. The van der Waals surface area contributed by atoms with E-state index in [1.54, 1.807) is 0 Å². The molecule has 2 bridgehead atoms. The fourth-order valence-corrected chi connectivity index (χ4v) is 3.31. The summed E-state index contributed by atoms with van der Waals surface area (Å²) < 4.78 is 22.2. The molecule has 1 unspecified atom stereocenters. The van der Waals surface area contributed by atoms with Gasteiger partial charge in [-0.05, 0) is 32.6 Å². The zero-order valence-corrected chi connectivity index (χ0v) is 13.1. The second-order valence-corrected chi connectivity index (χ2v) is 5.85. The van der Waals surface area contributed by atoms with E-state index in [-0.39, 0.29) is 24.1 Å². The van der Waals surface area contributed by atoms with Crippen LogP contribution in [0.15, 0.2) is 23.5 Å². The van der Waals surface area contributed by atoms with E-state index in [0.29, 0.717) is 25.4 Å². The van der Waals surface area contributed by atoms with Crippen LogP contribution in [0.2, 0.25) is 0 Å². The molecule has 1 heterocycles. The molecule has 1 fully saturated rings. The molecule has 1 aliphatic heterocycles. The maximum absolute atomic E-state index is 12.1. The minimum absolute atomic E-state index is 0.101. The van der Waals surface area contributed by atoms with Crippen LogP contribution in [0.4, 0.5) is 0 Å². The molecular formula is C17H24O5. The summed E-state index contributed by atoms with van der Waals surface area (Å²) in [6, 6.07) is 0. The van der Waals surface area contributed by atoms with Crippen molar-refractivity contribution in [1.82, 2.24) is 0 Å². The largest absolute Gasteiger partial charge is 0.494 e. The highest BCUT2D eigenvalue weighted by Crippen LogP contribution is 2.44. The standard InChI is InChI=1S/C17H24O5/c1-2-19-17(18)15-12-6-7-13(11-12)16(15)22-10-9-21-14-5-3-4-8-20-14/h6-7,12-14H,2-5,8-11H2,1H3/t12-,13+,14?/m0/s1. The Morgan fingerprint density at radius 1 is 1.27 bits per heavy atom. The van der Waals surface area contributed by atoms with Gasteiger partial charge in [0.05, 0.1) is 18.8 Å². The van der Waals surface area contributed by atoms with Crippen LogP contribution in [0, 0.1) is 11.8 Å². The van der Waals surface area contributed by atoms with E-state index >= 15 is 0 Å². The molecule has 0 N–H and O–H groups in total. The molecule has 0 aromatic heterocycles. The first-order chi connectivity index (χ1) is 10.8. The van der Waals surface area contributed by atoms with Crippen LogP contribution in [0.3, 0.4) is 0 Å². The van der Waals surface area contributed by atoms with Crippen molar-refractivity contribution in [2.75, 3.05) is 26.4 Å². The Morgan fingerprint density at radius 2 is 2.14 bits per heavy atom. The number of carbonyl (C=O) groups excluding carboxylic acids is 1. The third-order valence-electron chi connectivity index (χ3n) is 4.33. The molecule has 3 aliphatic rings. The summed E-state index contributed by atoms with van der Waals surface area (Å²) in [6.45, 7) is 3.90. The first-order valence-electron chi connectivity index (χ1n) is 8.25. The molecule has 3 atom stereocenters. The third kappa shape index (κ3) is 3.36.